The van der Waals surface area contributed by atoms with Gasteiger partial charge in [0.25, 0.3) is 0 Å². The number of aliphatic carboxylic acids is 1. The van der Waals surface area contributed by atoms with E-state index in [0.717, 1.165) is 5.56 Å². The summed E-state index contributed by atoms with van der Waals surface area (Å²) in [7, 11) is 0. The van der Waals surface area contributed by atoms with Crippen LogP contribution in [0.25, 0.3) is 6.08 Å². The van der Waals surface area contributed by atoms with Crippen LogP contribution in [0.5, 0.6) is 0 Å². The van der Waals surface area contributed by atoms with Crippen molar-refractivity contribution in [1.82, 2.24) is 15.2 Å². The first-order chi connectivity index (χ1) is 12.5. The molecule has 1 saturated heterocycles. The minimum atomic E-state index is -1.00. The quantitative estimate of drug-likeness (QED) is 0.692. The lowest BCUT2D eigenvalue weighted by Gasteiger charge is -2.33. The normalized spacial score (nSPS) is 16.4. The van der Waals surface area contributed by atoms with Crippen molar-refractivity contribution in [2.45, 2.75) is 31.9 Å². The number of hydrogen-bond donors (Lipinski definition) is 2. The summed E-state index contributed by atoms with van der Waals surface area (Å²) >= 11 is 0. The van der Waals surface area contributed by atoms with Crippen molar-refractivity contribution in [3.05, 3.63) is 36.2 Å². The van der Waals surface area contributed by atoms with Crippen molar-refractivity contribution < 1.29 is 24.2 Å². The highest BCUT2D eigenvalue weighted by molar-refractivity contribution is 5.95. The molecule has 1 fully saturated rings. The zero-order valence-electron chi connectivity index (χ0n) is 14.6. The van der Waals surface area contributed by atoms with Gasteiger partial charge in [-0.05, 0) is 43.5 Å². The number of carboxylic acids is 1. The fourth-order valence-corrected chi connectivity index (χ4v) is 2.68. The summed E-state index contributed by atoms with van der Waals surface area (Å²) in [6.45, 7) is 2.29. The van der Waals surface area contributed by atoms with E-state index in [1.54, 1.807) is 42.4 Å². The SMILES string of the molecule is C[C@H](NC(=O)/C=C/c1ccncc1)C(=O)N1CCC(OCC(=O)O)CC1. The van der Waals surface area contributed by atoms with Crippen LogP contribution in [-0.4, -0.2) is 64.6 Å². The highest BCUT2D eigenvalue weighted by Crippen LogP contribution is 2.14. The number of likely N-dealkylation sites (tertiary alicyclic amines) is 1. The molecule has 1 aromatic heterocycles. The molecule has 1 aromatic rings. The highest BCUT2D eigenvalue weighted by Gasteiger charge is 2.27. The van der Waals surface area contributed by atoms with Crippen LogP contribution in [0.1, 0.15) is 25.3 Å². The first kappa shape index (κ1) is 19.6. The topological polar surface area (TPSA) is 109 Å². The molecule has 2 rings (SSSR count). The Balaban J connectivity index is 1.76. The minimum absolute atomic E-state index is 0.150. The Morgan fingerprint density at radius 1 is 1.35 bits per heavy atom. The van der Waals surface area contributed by atoms with Crippen LogP contribution < -0.4 is 5.32 Å². The standard InChI is InChI=1S/C18H23N3O5/c1-13(20-16(22)3-2-14-4-8-19-9-5-14)18(25)21-10-6-15(7-11-21)26-12-17(23)24/h2-5,8-9,13,15H,6-7,10-12H2,1H3,(H,20,22)(H,23,24)/b3-2+/t13-/m0/s1. The number of nitrogens with zero attached hydrogens (tertiary/aromatic N) is 2. The molecule has 0 aromatic carbocycles. The van der Waals surface area contributed by atoms with E-state index in [-0.39, 0.29) is 24.5 Å². The van der Waals surface area contributed by atoms with Crippen LogP contribution >= 0.6 is 0 Å². The monoisotopic (exact) mass is 361 g/mol. The second kappa shape index (κ2) is 9.67. The molecule has 1 atom stereocenters. The van der Waals surface area contributed by atoms with Gasteiger partial charge in [0, 0.05) is 31.6 Å². The first-order valence-electron chi connectivity index (χ1n) is 8.46. The Hall–Kier alpha value is -2.74. The predicted molar refractivity (Wildman–Crippen MR) is 94.1 cm³/mol. The summed E-state index contributed by atoms with van der Waals surface area (Å²) in [6, 6.07) is 2.91. The predicted octanol–water partition coefficient (Wildman–Crippen LogP) is 0.692. The van der Waals surface area contributed by atoms with E-state index in [4.69, 9.17) is 9.84 Å². The van der Waals surface area contributed by atoms with Crippen LogP contribution in [0.3, 0.4) is 0 Å². The van der Waals surface area contributed by atoms with Gasteiger partial charge in [-0.2, -0.15) is 0 Å². The van der Waals surface area contributed by atoms with Crippen molar-refractivity contribution in [2.24, 2.45) is 0 Å². The molecule has 8 heteroatoms. The maximum absolute atomic E-state index is 12.4. The average molecular weight is 361 g/mol. The van der Waals surface area contributed by atoms with E-state index in [1.165, 1.54) is 6.08 Å². The maximum atomic E-state index is 12.4. The van der Waals surface area contributed by atoms with Gasteiger partial charge in [0.1, 0.15) is 12.6 Å². The number of pyridine rings is 1. The molecule has 0 radical (unpaired) electrons. The molecule has 2 heterocycles. The molecule has 0 spiro atoms. The van der Waals surface area contributed by atoms with Crippen molar-refractivity contribution in [2.75, 3.05) is 19.7 Å². The Labute approximate surface area is 151 Å². The molecule has 0 saturated carbocycles. The smallest absolute Gasteiger partial charge is 0.329 e. The fourth-order valence-electron chi connectivity index (χ4n) is 2.68. The summed E-state index contributed by atoms with van der Waals surface area (Å²) in [6.07, 6.45) is 7.32. The number of carbonyl (C=O) groups excluding carboxylic acids is 2. The third-order valence-electron chi connectivity index (χ3n) is 4.06. The summed E-state index contributed by atoms with van der Waals surface area (Å²) in [5.74, 6) is -1.51. The summed E-state index contributed by atoms with van der Waals surface area (Å²) in [4.78, 5) is 40.5. The van der Waals surface area contributed by atoms with Gasteiger partial charge in [-0.3, -0.25) is 14.6 Å². The molecule has 0 bridgehead atoms. The van der Waals surface area contributed by atoms with Crippen molar-refractivity contribution >= 4 is 23.9 Å². The molecule has 8 nitrogen and oxygen atoms in total. The van der Waals surface area contributed by atoms with Crippen LogP contribution in [0, 0.1) is 0 Å². The number of ether oxygens (including phenoxy) is 1. The summed E-state index contributed by atoms with van der Waals surface area (Å²) < 4.78 is 5.25. The molecule has 2 amide bonds. The highest BCUT2D eigenvalue weighted by atomic mass is 16.5. The summed E-state index contributed by atoms with van der Waals surface area (Å²) in [5.41, 5.74) is 0.845. The second-order valence-electron chi connectivity index (χ2n) is 6.07. The second-order valence-corrected chi connectivity index (χ2v) is 6.07. The Kier molecular flexibility index (Phi) is 7.28. The number of carbonyl (C=O) groups is 3. The lowest BCUT2D eigenvalue weighted by Crippen LogP contribution is -2.50. The Bertz CT molecular complexity index is 654. The lowest BCUT2D eigenvalue weighted by molar-refractivity contribution is -0.147. The molecule has 0 aliphatic carbocycles. The third kappa shape index (κ3) is 6.29. The van der Waals surface area contributed by atoms with Crippen LogP contribution in [0.15, 0.2) is 30.6 Å². The fraction of sp³-hybridized carbons (Fsp3) is 0.444. The number of amides is 2. The largest absolute Gasteiger partial charge is 0.480 e. The maximum Gasteiger partial charge on any atom is 0.329 e. The first-order valence-corrected chi connectivity index (χ1v) is 8.46. The number of piperidine rings is 1. The third-order valence-corrected chi connectivity index (χ3v) is 4.06. The Morgan fingerprint density at radius 2 is 2.00 bits per heavy atom. The molecule has 140 valence electrons. The lowest BCUT2D eigenvalue weighted by atomic mass is 10.1. The average Bonchev–Trinajstić information content (AvgIpc) is 2.65. The number of aromatic nitrogens is 1. The van der Waals surface area contributed by atoms with Crippen LogP contribution in [0.4, 0.5) is 0 Å². The number of rotatable bonds is 7. The van der Waals surface area contributed by atoms with Gasteiger partial charge in [0.05, 0.1) is 6.10 Å². The number of nitrogens with one attached hydrogen (secondary N) is 1. The van der Waals surface area contributed by atoms with E-state index in [9.17, 15) is 14.4 Å². The number of carboxylic acid groups (broad SMARTS) is 1. The van der Waals surface area contributed by atoms with Gasteiger partial charge in [-0.15, -0.1) is 0 Å². The van der Waals surface area contributed by atoms with Crippen molar-refractivity contribution in [3.63, 3.8) is 0 Å². The van der Waals surface area contributed by atoms with Gasteiger partial charge >= 0.3 is 5.97 Å². The van der Waals surface area contributed by atoms with Gasteiger partial charge in [0.2, 0.25) is 11.8 Å². The number of hydrogen-bond acceptors (Lipinski definition) is 5. The van der Waals surface area contributed by atoms with Gasteiger partial charge in [-0.1, -0.05) is 0 Å². The van der Waals surface area contributed by atoms with Gasteiger partial charge in [0.15, 0.2) is 0 Å². The zero-order valence-corrected chi connectivity index (χ0v) is 14.6. The van der Waals surface area contributed by atoms with Crippen LogP contribution in [0.2, 0.25) is 0 Å². The van der Waals surface area contributed by atoms with E-state index in [2.05, 4.69) is 10.3 Å². The molecule has 1 aliphatic heterocycles. The van der Waals surface area contributed by atoms with Crippen molar-refractivity contribution in [3.8, 4) is 0 Å². The van der Waals surface area contributed by atoms with E-state index < -0.39 is 12.0 Å². The molecular weight excluding hydrogens is 338 g/mol. The minimum Gasteiger partial charge on any atom is -0.480 e. The molecule has 0 unspecified atom stereocenters. The molecule has 1 aliphatic rings. The summed E-state index contributed by atoms with van der Waals surface area (Å²) in [5, 5.41) is 11.3. The van der Waals surface area contributed by atoms with E-state index in [1.807, 2.05) is 0 Å². The van der Waals surface area contributed by atoms with E-state index in [0.29, 0.717) is 25.9 Å². The van der Waals surface area contributed by atoms with Crippen LogP contribution in [-0.2, 0) is 19.1 Å². The van der Waals surface area contributed by atoms with Gasteiger partial charge in [-0.25, -0.2) is 4.79 Å². The van der Waals surface area contributed by atoms with E-state index >= 15 is 0 Å². The van der Waals surface area contributed by atoms with Crippen molar-refractivity contribution in [1.29, 1.82) is 0 Å². The molecule has 2 N–H and O–H groups in total. The zero-order chi connectivity index (χ0) is 18.9. The Morgan fingerprint density at radius 3 is 2.62 bits per heavy atom. The molecule has 26 heavy (non-hydrogen) atoms. The van der Waals surface area contributed by atoms with Gasteiger partial charge < -0.3 is 20.1 Å². The molecular formula is C18H23N3O5.